The number of ether oxygens (including phenoxy) is 1. The zero-order valence-corrected chi connectivity index (χ0v) is 11.5. The Morgan fingerprint density at radius 3 is 2.90 bits per heavy atom. The molecule has 3 rings (SSSR count). The van der Waals surface area contributed by atoms with E-state index in [-0.39, 0.29) is 18.3 Å². The standard InChI is InChI=1S/C14H14N4O3/c1-2-20-14(19)8-13-18-17-12(21-13)7-11-15-9-5-3-4-6-10(9)16-11/h3-6H,2,7-8H2,1H3,(H,15,16). The molecule has 21 heavy (non-hydrogen) atoms. The van der Waals surface area contributed by atoms with Gasteiger partial charge in [-0.3, -0.25) is 4.79 Å². The van der Waals surface area contributed by atoms with Gasteiger partial charge < -0.3 is 14.1 Å². The van der Waals surface area contributed by atoms with Crippen LogP contribution in [0.3, 0.4) is 0 Å². The second-order valence-electron chi connectivity index (χ2n) is 4.45. The summed E-state index contributed by atoms with van der Waals surface area (Å²) < 4.78 is 10.2. The normalized spacial score (nSPS) is 10.9. The number of aromatic amines is 1. The predicted molar refractivity (Wildman–Crippen MR) is 73.5 cm³/mol. The molecular formula is C14H14N4O3. The average molecular weight is 286 g/mol. The number of aromatic nitrogens is 4. The maximum Gasteiger partial charge on any atom is 0.315 e. The fraction of sp³-hybridized carbons (Fsp3) is 0.286. The summed E-state index contributed by atoms with van der Waals surface area (Å²) in [5.74, 6) is 1.02. The summed E-state index contributed by atoms with van der Waals surface area (Å²) in [6, 6.07) is 7.74. The molecule has 0 radical (unpaired) electrons. The van der Waals surface area contributed by atoms with Crippen molar-refractivity contribution in [1.82, 2.24) is 20.2 Å². The molecule has 0 atom stereocenters. The Balaban J connectivity index is 1.70. The molecule has 0 aliphatic carbocycles. The lowest BCUT2D eigenvalue weighted by molar-refractivity contribution is -0.142. The summed E-state index contributed by atoms with van der Waals surface area (Å²) in [5, 5.41) is 7.74. The van der Waals surface area contributed by atoms with Gasteiger partial charge in [-0.2, -0.15) is 0 Å². The van der Waals surface area contributed by atoms with E-state index in [0.29, 0.717) is 18.9 Å². The number of hydrogen-bond donors (Lipinski definition) is 1. The van der Waals surface area contributed by atoms with Crippen molar-refractivity contribution in [3.05, 3.63) is 41.9 Å². The van der Waals surface area contributed by atoms with E-state index in [0.717, 1.165) is 16.9 Å². The molecule has 0 spiro atoms. The third-order valence-corrected chi connectivity index (χ3v) is 2.87. The number of H-pyrrole nitrogens is 1. The molecule has 1 N–H and O–H groups in total. The average Bonchev–Trinajstić information content (AvgIpc) is 3.05. The third-order valence-electron chi connectivity index (χ3n) is 2.87. The topological polar surface area (TPSA) is 93.9 Å². The van der Waals surface area contributed by atoms with Crippen LogP contribution < -0.4 is 0 Å². The minimum Gasteiger partial charge on any atom is -0.466 e. The van der Waals surface area contributed by atoms with Crippen LogP contribution in [0, 0.1) is 0 Å². The van der Waals surface area contributed by atoms with Gasteiger partial charge in [0.05, 0.1) is 24.1 Å². The number of carbonyl (C=O) groups excluding carboxylic acids is 1. The smallest absolute Gasteiger partial charge is 0.315 e. The van der Waals surface area contributed by atoms with Gasteiger partial charge in [0.25, 0.3) is 0 Å². The number of fused-ring (bicyclic) bond motifs is 1. The van der Waals surface area contributed by atoms with Crippen molar-refractivity contribution in [2.75, 3.05) is 6.61 Å². The Bertz CT molecular complexity index is 729. The second kappa shape index (κ2) is 5.74. The molecular weight excluding hydrogens is 272 g/mol. The van der Waals surface area contributed by atoms with E-state index < -0.39 is 0 Å². The second-order valence-corrected chi connectivity index (χ2v) is 4.45. The fourth-order valence-corrected chi connectivity index (χ4v) is 2.00. The first kappa shape index (κ1) is 13.3. The molecule has 0 saturated heterocycles. The van der Waals surface area contributed by atoms with Crippen LogP contribution in [0.2, 0.25) is 0 Å². The Kier molecular flexibility index (Phi) is 3.63. The molecule has 0 fully saturated rings. The molecule has 0 bridgehead atoms. The number of imidazole rings is 1. The summed E-state index contributed by atoms with van der Waals surface area (Å²) in [6.07, 6.45) is 0.380. The largest absolute Gasteiger partial charge is 0.466 e. The lowest BCUT2D eigenvalue weighted by Gasteiger charge is -1.96. The maximum atomic E-state index is 11.3. The molecule has 7 nitrogen and oxygen atoms in total. The molecule has 108 valence electrons. The number of nitrogens with zero attached hydrogens (tertiary/aromatic N) is 3. The van der Waals surface area contributed by atoms with Gasteiger partial charge in [0.15, 0.2) is 0 Å². The van der Waals surface area contributed by atoms with Crippen LogP contribution >= 0.6 is 0 Å². The Morgan fingerprint density at radius 2 is 2.10 bits per heavy atom. The highest BCUT2D eigenvalue weighted by Gasteiger charge is 2.13. The van der Waals surface area contributed by atoms with E-state index in [1.807, 2.05) is 24.3 Å². The van der Waals surface area contributed by atoms with Crippen molar-refractivity contribution in [2.45, 2.75) is 19.8 Å². The number of carbonyl (C=O) groups is 1. The monoisotopic (exact) mass is 286 g/mol. The highest BCUT2D eigenvalue weighted by molar-refractivity contribution is 5.74. The highest BCUT2D eigenvalue weighted by Crippen LogP contribution is 2.13. The minimum atomic E-state index is -0.378. The number of nitrogens with one attached hydrogen (secondary N) is 1. The van der Waals surface area contributed by atoms with E-state index in [9.17, 15) is 4.79 Å². The first-order valence-corrected chi connectivity index (χ1v) is 6.65. The van der Waals surface area contributed by atoms with Crippen molar-refractivity contribution in [2.24, 2.45) is 0 Å². The summed E-state index contributed by atoms with van der Waals surface area (Å²) >= 11 is 0. The van der Waals surface area contributed by atoms with Crippen LogP contribution in [-0.4, -0.2) is 32.7 Å². The summed E-state index contributed by atoms with van der Waals surface area (Å²) in [6.45, 7) is 2.08. The summed E-state index contributed by atoms with van der Waals surface area (Å²) in [7, 11) is 0. The molecule has 0 amide bonds. The Hall–Kier alpha value is -2.70. The zero-order valence-electron chi connectivity index (χ0n) is 11.5. The van der Waals surface area contributed by atoms with Crippen LogP contribution in [0.5, 0.6) is 0 Å². The third kappa shape index (κ3) is 3.07. The molecule has 0 aliphatic rings. The van der Waals surface area contributed by atoms with E-state index in [2.05, 4.69) is 20.2 Å². The predicted octanol–water partition coefficient (Wildman–Crippen LogP) is 1.64. The number of hydrogen-bond acceptors (Lipinski definition) is 6. The van der Waals surface area contributed by atoms with Gasteiger partial charge in [-0.15, -0.1) is 10.2 Å². The highest BCUT2D eigenvalue weighted by atomic mass is 16.5. The molecule has 0 aliphatic heterocycles. The number of para-hydroxylation sites is 2. The lowest BCUT2D eigenvalue weighted by atomic mass is 10.3. The van der Waals surface area contributed by atoms with Gasteiger partial charge in [-0.25, -0.2) is 4.98 Å². The molecule has 2 aromatic heterocycles. The Labute approximate surface area is 120 Å². The summed E-state index contributed by atoms with van der Waals surface area (Å²) in [5.41, 5.74) is 1.84. The molecule has 3 aromatic rings. The zero-order chi connectivity index (χ0) is 14.7. The first-order valence-electron chi connectivity index (χ1n) is 6.65. The van der Waals surface area contributed by atoms with Crippen molar-refractivity contribution in [3.63, 3.8) is 0 Å². The van der Waals surface area contributed by atoms with Crippen molar-refractivity contribution >= 4 is 17.0 Å². The molecule has 0 saturated carbocycles. The summed E-state index contributed by atoms with van der Waals surface area (Å²) in [4.78, 5) is 18.9. The molecule has 1 aromatic carbocycles. The SMILES string of the molecule is CCOC(=O)Cc1nnc(Cc2nc3ccccc3[nH]2)o1. The molecule has 0 unspecified atom stereocenters. The van der Waals surface area contributed by atoms with Gasteiger partial charge in [0, 0.05) is 0 Å². The fourth-order valence-electron chi connectivity index (χ4n) is 2.00. The van der Waals surface area contributed by atoms with Crippen LogP contribution in [0.1, 0.15) is 24.5 Å². The lowest BCUT2D eigenvalue weighted by Crippen LogP contribution is -2.07. The van der Waals surface area contributed by atoms with Crippen molar-refractivity contribution < 1.29 is 13.9 Å². The minimum absolute atomic E-state index is 0.0129. The van der Waals surface area contributed by atoms with Crippen molar-refractivity contribution in [1.29, 1.82) is 0 Å². The van der Waals surface area contributed by atoms with E-state index in [1.165, 1.54) is 0 Å². The first-order chi connectivity index (χ1) is 10.2. The van der Waals surface area contributed by atoms with Gasteiger partial charge in [0.1, 0.15) is 12.2 Å². The van der Waals surface area contributed by atoms with Gasteiger partial charge in [-0.05, 0) is 19.1 Å². The van der Waals surface area contributed by atoms with Gasteiger partial charge in [0.2, 0.25) is 11.8 Å². The van der Waals surface area contributed by atoms with Gasteiger partial charge in [-0.1, -0.05) is 12.1 Å². The van der Waals surface area contributed by atoms with Gasteiger partial charge >= 0.3 is 5.97 Å². The van der Waals surface area contributed by atoms with Crippen LogP contribution in [0.15, 0.2) is 28.7 Å². The number of esters is 1. The molecule has 2 heterocycles. The number of benzene rings is 1. The van der Waals surface area contributed by atoms with E-state index in [1.54, 1.807) is 6.92 Å². The maximum absolute atomic E-state index is 11.3. The quantitative estimate of drug-likeness (QED) is 0.717. The number of rotatable bonds is 5. The van der Waals surface area contributed by atoms with Crippen molar-refractivity contribution in [3.8, 4) is 0 Å². The van der Waals surface area contributed by atoms with Crippen LogP contribution in [0.25, 0.3) is 11.0 Å². The van der Waals surface area contributed by atoms with Crippen LogP contribution in [0.4, 0.5) is 0 Å². The molecule has 7 heteroatoms. The van der Waals surface area contributed by atoms with Crippen LogP contribution in [-0.2, 0) is 22.4 Å². The van der Waals surface area contributed by atoms with E-state index >= 15 is 0 Å². The Morgan fingerprint density at radius 1 is 1.29 bits per heavy atom. The van der Waals surface area contributed by atoms with E-state index in [4.69, 9.17) is 9.15 Å².